The maximum Gasteiger partial charge on any atom is 0.345 e. The summed E-state index contributed by atoms with van der Waals surface area (Å²) in [6.07, 6.45) is 3.38. The minimum atomic E-state index is -3.61. The van der Waals surface area contributed by atoms with Gasteiger partial charge in [0.05, 0.1) is 26.4 Å². The van der Waals surface area contributed by atoms with Gasteiger partial charge in [0.2, 0.25) is 0 Å². The molecule has 7 nitrogen and oxygen atoms in total. The zero-order valence-corrected chi connectivity index (χ0v) is 16.8. The second-order valence-corrected chi connectivity index (χ2v) is 8.16. The van der Waals surface area contributed by atoms with Crippen LogP contribution in [0.1, 0.15) is 53.4 Å². The molecular weight excluding hydrogens is 347 g/mol. The molecule has 25 heavy (non-hydrogen) atoms. The molecule has 0 bridgehead atoms. The molecule has 1 aliphatic rings. The first-order valence-corrected chi connectivity index (χ1v) is 10.9. The van der Waals surface area contributed by atoms with Crippen molar-refractivity contribution >= 4 is 13.6 Å². The summed E-state index contributed by atoms with van der Waals surface area (Å²) in [4.78, 5) is 12.4. The summed E-state index contributed by atoms with van der Waals surface area (Å²) in [5, 5.41) is 0. The maximum atomic E-state index is 13.1. The van der Waals surface area contributed by atoms with Crippen LogP contribution in [-0.4, -0.2) is 51.0 Å². The Morgan fingerprint density at radius 3 is 2.36 bits per heavy atom. The fourth-order valence-corrected chi connectivity index (χ4v) is 5.07. The average molecular weight is 380 g/mol. The van der Waals surface area contributed by atoms with E-state index in [0.29, 0.717) is 13.0 Å². The van der Waals surface area contributed by atoms with E-state index in [2.05, 4.69) is 0 Å². The van der Waals surface area contributed by atoms with E-state index in [-0.39, 0.29) is 32.0 Å². The van der Waals surface area contributed by atoms with Crippen LogP contribution in [0.4, 0.5) is 0 Å². The average Bonchev–Trinajstić information content (AvgIpc) is 2.56. The highest BCUT2D eigenvalue weighted by atomic mass is 31.2. The number of esters is 1. The van der Waals surface area contributed by atoms with Crippen molar-refractivity contribution in [2.45, 2.75) is 65.3 Å². The first-order valence-electron chi connectivity index (χ1n) is 9.27. The Balaban J connectivity index is 2.72. The van der Waals surface area contributed by atoms with Crippen molar-refractivity contribution in [1.29, 1.82) is 0 Å². The van der Waals surface area contributed by atoms with Crippen molar-refractivity contribution in [2.75, 3.05) is 33.0 Å². The Labute approximate surface area is 151 Å². The molecule has 0 saturated carbocycles. The molecule has 1 rings (SSSR count). The Morgan fingerprint density at radius 2 is 1.84 bits per heavy atom. The van der Waals surface area contributed by atoms with Gasteiger partial charge >= 0.3 is 13.6 Å². The Bertz CT molecular complexity index is 413. The summed E-state index contributed by atoms with van der Waals surface area (Å²) in [6.45, 7) is 8.76. The third-order valence-corrected chi connectivity index (χ3v) is 6.68. The van der Waals surface area contributed by atoms with Crippen LogP contribution in [0.25, 0.3) is 0 Å². The van der Waals surface area contributed by atoms with Gasteiger partial charge in [-0.05, 0) is 52.4 Å². The molecule has 3 atom stereocenters. The molecule has 8 heteroatoms. The highest BCUT2D eigenvalue weighted by Crippen LogP contribution is 2.56. The molecule has 0 radical (unpaired) electrons. The van der Waals surface area contributed by atoms with Crippen LogP contribution < -0.4 is 0 Å². The third-order valence-electron chi connectivity index (χ3n) is 4.04. The molecule has 0 aromatic rings. The number of rotatable bonds is 12. The van der Waals surface area contributed by atoms with Gasteiger partial charge in [-0.15, -0.1) is 0 Å². The largest absolute Gasteiger partial charge is 0.465 e. The zero-order chi connectivity index (χ0) is 18.7. The number of carbonyl (C=O) groups excluding carboxylic acids is 1. The molecule has 1 fully saturated rings. The number of hydrogen-bond donors (Lipinski definition) is 0. The summed E-state index contributed by atoms with van der Waals surface area (Å²) in [7, 11) is -3.61. The summed E-state index contributed by atoms with van der Waals surface area (Å²) < 4.78 is 40.3. The van der Waals surface area contributed by atoms with Crippen LogP contribution >= 0.6 is 7.60 Å². The SMILES string of the molecule is CCOC(=O)C(C(C)CCOC1CCCCO1)P(=O)(OCC)OCC. The summed E-state index contributed by atoms with van der Waals surface area (Å²) in [5.74, 6) is -0.819. The lowest BCUT2D eigenvalue weighted by Crippen LogP contribution is -2.33. The topological polar surface area (TPSA) is 80.3 Å². The van der Waals surface area contributed by atoms with E-state index in [0.717, 1.165) is 25.9 Å². The quantitative estimate of drug-likeness (QED) is 0.377. The van der Waals surface area contributed by atoms with Crippen molar-refractivity contribution in [3.05, 3.63) is 0 Å². The van der Waals surface area contributed by atoms with Gasteiger partial charge in [0.1, 0.15) is 0 Å². The normalized spacial score (nSPS) is 20.9. The van der Waals surface area contributed by atoms with Crippen molar-refractivity contribution in [3.8, 4) is 0 Å². The van der Waals surface area contributed by atoms with Crippen molar-refractivity contribution in [1.82, 2.24) is 0 Å². The predicted octanol–water partition coefficient (Wildman–Crippen LogP) is 3.75. The van der Waals surface area contributed by atoms with Crippen LogP contribution in [0.2, 0.25) is 0 Å². The van der Waals surface area contributed by atoms with Crippen LogP contribution in [0.15, 0.2) is 0 Å². The second-order valence-electron chi connectivity index (χ2n) is 6.01. The lowest BCUT2D eigenvalue weighted by Gasteiger charge is -2.29. The standard InChI is InChI=1S/C17H33O7P/c1-5-20-17(18)16(25(19,23-6-2)24-7-3)14(4)11-13-22-15-10-8-9-12-21-15/h14-16H,5-13H2,1-4H3. The van der Waals surface area contributed by atoms with Gasteiger partial charge < -0.3 is 23.3 Å². The monoisotopic (exact) mass is 380 g/mol. The fourth-order valence-electron chi connectivity index (χ4n) is 2.84. The molecule has 148 valence electrons. The second kappa shape index (κ2) is 12.0. The van der Waals surface area contributed by atoms with Crippen LogP contribution in [-0.2, 0) is 32.6 Å². The smallest absolute Gasteiger partial charge is 0.345 e. The molecule has 1 heterocycles. The maximum absolute atomic E-state index is 13.1. The van der Waals surface area contributed by atoms with Crippen LogP contribution in [0.3, 0.4) is 0 Å². The Kier molecular flexibility index (Phi) is 10.9. The van der Waals surface area contributed by atoms with E-state index in [1.165, 1.54) is 0 Å². The van der Waals surface area contributed by atoms with E-state index >= 15 is 0 Å². The van der Waals surface area contributed by atoms with Gasteiger partial charge in [0.15, 0.2) is 11.9 Å². The predicted molar refractivity (Wildman–Crippen MR) is 94.6 cm³/mol. The van der Waals surface area contributed by atoms with Crippen molar-refractivity contribution in [3.63, 3.8) is 0 Å². The minimum Gasteiger partial charge on any atom is -0.465 e. The molecule has 3 unspecified atom stereocenters. The molecule has 0 aliphatic carbocycles. The molecule has 1 saturated heterocycles. The van der Waals surface area contributed by atoms with E-state index in [4.69, 9.17) is 23.3 Å². The summed E-state index contributed by atoms with van der Waals surface area (Å²) in [6, 6.07) is 0. The molecule has 1 aliphatic heterocycles. The molecular formula is C17H33O7P. The number of ether oxygens (including phenoxy) is 3. The third kappa shape index (κ3) is 7.35. The number of hydrogen-bond acceptors (Lipinski definition) is 7. The van der Waals surface area contributed by atoms with Gasteiger partial charge in [0, 0.05) is 6.61 Å². The van der Waals surface area contributed by atoms with E-state index in [1.807, 2.05) is 6.92 Å². The highest BCUT2D eigenvalue weighted by molar-refractivity contribution is 7.55. The van der Waals surface area contributed by atoms with Gasteiger partial charge in [0.25, 0.3) is 0 Å². The van der Waals surface area contributed by atoms with Gasteiger partial charge in [-0.3, -0.25) is 9.36 Å². The lowest BCUT2D eigenvalue weighted by molar-refractivity contribution is -0.164. The van der Waals surface area contributed by atoms with Gasteiger partial charge in [-0.1, -0.05) is 6.92 Å². The van der Waals surface area contributed by atoms with E-state index in [9.17, 15) is 9.36 Å². The van der Waals surface area contributed by atoms with Crippen LogP contribution in [0, 0.1) is 5.92 Å². The van der Waals surface area contributed by atoms with Gasteiger partial charge in [-0.2, -0.15) is 0 Å². The Hall–Kier alpha value is -0.460. The minimum absolute atomic E-state index is 0.187. The van der Waals surface area contributed by atoms with Crippen molar-refractivity contribution < 1.29 is 32.6 Å². The first-order chi connectivity index (χ1) is 12.0. The van der Waals surface area contributed by atoms with Crippen LogP contribution in [0.5, 0.6) is 0 Å². The molecule has 0 N–H and O–H groups in total. The number of carbonyl (C=O) groups is 1. The molecule has 0 spiro atoms. The van der Waals surface area contributed by atoms with E-state index < -0.39 is 19.2 Å². The molecule has 0 amide bonds. The fraction of sp³-hybridized carbons (Fsp3) is 0.941. The van der Waals surface area contributed by atoms with Gasteiger partial charge in [-0.25, -0.2) is 0 Å². The lowest BCUT2D eigenvalue weighted by atomic mass is 10.0. The summed E-state index contributed by atoms with van der Waals surface area (Å²) in [5.41, 5.74) is -0.955. The zero-order valence-electron chi connectivity index (χ0n) is 15.9. The highest BCUT2D eigenvalue weighted by Gasteiger charge is 2.45. The molecule has 0 aromatic carbocycles. The molecule has 0 aromatic heterocycles. The Morgan fingerprint density at radius 1 is 1.16 bits per heavy atom. The van der Waals surface area contributed by atoms with E-state index in [1.54, 1.807) is 20.8 Å². The first kappa shape index (κ1) is 22.6. The summed E-state index contributed by atoms with van der Waals surface area (Å²) >= 11 is 0. The van der Waals surface area contributed by atoms with Crippen molar-refractivity contribution in [2.24, 2.45) is 5.92 Å².